The molecule has 0 saturated carbocycles. The van der Waals surface area contributed by atoms with Crippen LogP contribution < -0.4 is 0 Å². The first-order valence-corrected chi connectivity index (χ1v) is 5.23. The number of hydrogen-bond acceptors (Lipinski definition) is 0. The minimum absolute atomic E-state index is 0.0929. The fourth-order valence-corrected chi connectivity index (χ4v) is 1.26. The lowest BCUT2D eigenvalue weighted by Gasteiger charge is -2.09. The van der Waals surface area contributed by atoms with Gasteiger partial charge in [0.25, 0.3) is 0 Å². The Balaban J connectivity index is 3.33. The highest BCUT2D eigenvalue weighted by atomic mass is 19.4. The summed E-state index contributed by atoms with van der Waals surface area (Å²) in [4.78, 5) is 0. The Morgan fingerprint density at radius 2 is 1.50 bits per heavy atom. The zero-order valence-corrected chi connectivity index (χ0v) is 8.79. The number of unbranched alkanes of at least 4 members (excludes halogenated alkanes) is 5. The average Bonchev–Trinajstić information content (AvgIpc) is 2.09. The summed E-state index contributed by atoms with van der Waals surface area (Å²) >= 11 is 0. The average molecular weight is 208 g/mol. The SMILES string of the molecule is C=C(CCCCCCCC)C(F)(F)F. The molecule has 0 bridgehead atoms. The Morgan fingerprint density at radius 3 is 2.00 bits per heavy atom. The first kappa shape index (κ1) is 13.5. The molecule has 3 heteroatoms. The van der Waals surface area contributed by atoms with Crippen molar-refractivity contribution >= 4 is 0 Å². The van der Waals surface area contributed by atoms with Gasteiger partial charge in [-0.3, -0.25) is 0 Å². The van der Waals surface area contributed by atoms with Crippen LogP contribution in [0, 0.1) is 0 Å². The second-order valence-corrected chi connectivity index (χ2v) is 3.62. The molecule has 0 aromatic heterocycles. The van der Waals surface area contributed by atoms with Crippen molar-refractivity contribution < 1.29 is 13.2 Å². The van der Waals surface area contributed by atoms with E-state index in [9.17, 15) is 13.2 Å². The smallest absolute Gasteiger partial charge is 0.167 e. The minimum Gasteiger partial charge on any atom is -0.167 e. The van der Waals surface area contributed by atoms with Crippen LogP contribution in [0.15, 0.2) is 12.2 Å². The number of alkyl halides is 3. The van der Waals surface area contributed by atoms with E-state index in [4.69, 9.17) is 0 Å². The maximum Gasteiger partial charge on any atom is 0.412 e. The first-order valence-electron chi connectivity index (χ1n) is 5.23. The van der Waals surface area contributed by atoms with Crippen LogP contribution in [-0.2, 0) is 0 Å². The number of hydrogen-bond donors (Lipinski definition) is 0. The lowest BCUT2D eigenvalue weighted by atomic mass is 10.1. The summed E-state index contributed by atoms with van der Waals surface area (Å²) < 4.78 is 35.9. The summed E-state index contributed by atoms with van der Waals surface area (Å²) in [6.45, 7) is 5.15. The molecule has 14 heavy (non-hydrogen) atoms. The van der Waals surface area contributed by atoms with Gasteiger partial charge in [0.2, 0.25) is 0 Å². The summed E-state index contributed by atoms with van der Waals surface area (Å²) in [5.41, 5.74) is -0.590. The monoisotopic (exact) mass is 208 g/mol. The van der Waals surface area contributed by atoms with Gasteiger partial charge < -0.3 is 0 Å². The van der Waals surface area contributed by atoms with Gasteiger partial charge in [0.15, 0.2) is 0 Å². The molecule has 0 heterocycles. The molecule has 0 fully saturated rings. The standard InChI is InChI=1S/C11H19F3/c1-3-4-5-6-7-8-9-10(2)11(12,13)14/h2-9H2,1H3. The van der Waals surface area contributed by atoms with Crippen molar-refractivity contribution in [2.45, 2.75) is 58.0 Å². The third-order valence-corrected chi connectivity index (χ3v) is 2.23. The van der Waals surface area contributed by atoms with Crippen molar-refractivity contribution in [2.24, 2.45) is 0 Å². The van der Waals surface area contributed by atoms with Gasteiger partial charge in [-0.25, -0.2) is 0 Å². The van der Waals surface area contributed by atoms with E-state index in [1.165, 1.54) is 6.42 Å². The Morgan fingerprint density at radius 1 is 1.00 bits per heavy atom. The van der Waals surface area contributed by atoms with Gasteiger partial charge in [0, 0.05) is 5.57 Å². The van der Waals surface area contributed by atoms with E-state index in [-0.39, 0.29) is 6.42 Å². The maximum absolute atomic E-state index is 12.0. The van der Waals surface area contributed by atoms with Crippen LogP contribution in [0.3, 0.4) is 0 Å². The molecule has 0 nitrogen and oxygen atoms in total. The molecule has 0 aromatic rings. The van der Waals surface area contributed by atoms with Crippen molar-refractivity contribution in [3.63, 3.8) is 0 Å². The van der Waals surface area contributed by atoms with Crippen LogP contribution in [0.5, 0.6) is 0 Å². The number of halogens is 3. The van der Waals surface area contributed by atoms with Crippen LogP contribution in [-0.4, -0.2) is 6.18 Å². The first-order chi connectivity index (χ1) is 6.48. The Kier molecular flexibility index (Phi) is 6.67. The normalized spacial score (nSPS) is 11.7. The molecule has 84 valence electrons. The molecule has 0 radical (unpaired) electrons. The van der Waals surface area contributed by atoms with Gasteiger partial charge in [0.1, 0.15) is 0 Å². The van der Waals surface area contributed by atoms with E-state index >= 15 is 0 Å². The van der Waals surface area contributed by atoms with Gasteiger partial charge in [-0.05, 0) is 12.8 Å². The highest BCUT2D eigenvalue weighted by Gasteiger charge is 2.30. The fraction of sp³-hybridized carbons (Fsp3) is 0.818. The predicted octanol–water partition coefficient (Wildman–Crippen LogP) is 4.86. The molecule has 0 spiro atoms. The van der Waals surface area contributed by atoms with E-state index in [1.54, 1.807) is 0 Å². The lowest BCUT2D eigenvalue weighted by molar-refractivity contribution is -0.0937. The Hall–Kier alpha value is -0.470. The van der Waals surface area contributed by atoms with Crippen molar-refractivity contribution in [3.05, 3.63) is 12.2 Å². The number of allylic oxidation sites excluding steroid dienone is 1. The lowest BCUT2D eigenvalue weighted by Crippen LogP contribution is -2.10. The zero-order valence-electron chi connectivity index (χ0n) is 8.79. The summed E-state index contributed by atoms with van der Waals surface area (Å²) in [6, 6.07) is 0. The van der Waals surface area contributed by atoms with Crippen LogP contribution in [0.2, 0.25) is 0 Å². The Labute approximate surface area is 84.2 Å². The molecule has 0 N–H and O–H groups in total. The second kappa shape index (κ2) is 6.91. The molecule has 0 unspecified atom stereocenters. The molecule has 0 aromatic carbocycles. The molecule has 0 aliphatic heterocycles. The summed E-state index contributed by atoms with van der Waals surface area (Å²) in [7, 11) is 0. The van der Waals surface area contributed by atoms with Gasteiger partial charge in [-0.15, -0.1) is 0 Å². The van der Waals surface area contributed by atoms with E-state index in [2.05, 4.69) is 13.5 Å². The third kappa shape index (κ3) is 6.98. The zero-order chi connectivity index (χ0) is 11.0. The van der Waals surface area contributed by atoms with Gasteiger partial charge in [-0.1, -0.05) is 45.6 Å². The van der Waals surface area contributed by atoms with E-state index in [1.807, 2.05) is 0 Å². The molecule has 0 aliphatic rings. The summed E-state index contributed by atoms with van der Waals surface area (Å²) in [5.74, 6) is 0. The van der Waals surface area contributed by atoms with Crippen LogP contribution in [0.1, 0.15) is 51.9 Å². The van der Waals surface area contributed by atoms with E-state index < -0.39 is 11.7 Å². The molecular formula is C11H19F3. The fourth-order valence-electron chi connectivity index (χ4n) is 1.26. The van der Waals surface area contributed by atoms with Crippen LogP contribution >= 0.6 is 0 Å². The molecular weight excluding hydrogens is 189 g/mol. The predicted molar refractivity (Wildman–Crippen MR) is 53.2 cm³/mol. The largest absolute Gasteiger partial charge is 0.412 e. The highest BCUT2D eigenvalue weighted by Crippen LogP contribution is 2.28. The number of rotatable bonds is 7. The Bertz CT molecular complexity index is 158. The minimum atomic E-state index is -4.19. The van der Waals surface area contributed by atoms with Crippen LogP contribution in [0.25, 0.3) is 0 Å². The molecule has 0 atom stereocenters. The van der Waals surface area contributed by atoms with Crippen molar-refractivity contribution in [1.29, 1.82) is 0 Å². The maximum atomic E-state index is 12.0. The van der Waals surface area contributed by atoms with Gasteiger partial charge in [0.05, 0.1) is 0 Å². The molecule has 0 aliphatic carbocycles. The summed E-state index contributed by atoms with van der Waals surface area (Å²) in [6.07, 6.45) is 1.92. The molecule has 0 saturated heterocycles. The molecule has 0 amide bonds. The van der Waals surface area contributed by atoms with Crippen LogP contribution in [0.4, 0.5) is 13.2 Å². The summed E-state index contributed by atoms with van der Waals surface area (Å²) in [5, 5.41) is 0. The highest BCUT2D eigenvalue weighted by molar-refractivity contribution is 5.01. The van der Waals surface area contributed by atoms with Crippen molar-refractivity contribution in [3.8, 4) is 0 Å². The molecule has 0 rings (SSSR count). The van der Waals surface area contributed by atoms with Crippen molar-refractivity contribution in [1.82, 2.24) is 0 Å². The third-order valence-electron chi connectivity index (χ3n) is 2.23. The topological polar surface area (TPSA) is 0 Å². The van der Waals surface area contributed by atoms with Crippen molar-refractivity contribution in [2.75, 3.05) is 0 Å². The second-order valence-electron chi connectivity index (χ2n) is 3.62. The quantitative estimate of drug-likeness (QED) is 0.414. The van der Waals surface area contributed by atoms with Gasteiger partial charge in [-0.2, -0.15) is 13.2 Å². The van der Waals surface area contributed by atoms with E-state index in [0.717, 1.165) is 25.7 Å². The van der Waals surface area contributed by atoms with Gasteiger partial charge >= 0.3 is 6.18 Å². The van der Waals surface area contributed by atoms with E-state index in [0.29, 0.717) is 6.42 Å².